The van der Waals surface area contributed by atoms with Crippen LogP contribution in [0.3, 0.4) is 0 Å². The molecule has 0 saturated carbocycles. The van der Waals surface area contributed by atoms with Crippen LogP contribution in [0.2, 0.25) is 0 Å². The van der Waals surface area contributed by atoms with Gasteiger partial charge in [0.15, 0.2) is 0 Å². The van der Waals surface area contributed by atoms with Crippen LogP contribution in [0.1, 0.15) is 0 Å². The van der Waals surface area contributed by atoms with Gasteiger partial charge in [-0.2, -0.15) is 0 Å². The monoisotopic (exact) mass is 805 g/mol. The Bertz CT molecular complexity index is 2110. The summed E-state index contributed by atoms with van der Waals surface area (Å²) in [7, 11) is 0. The van der Waals surface area contributed by atoms with Crippen molar-refractivity contribution in [2.24, 2.45) is 0 Å². The van der Waals surface area contributed by atoms with Crippen molar-refractivity contribution in [3.05, 3.63) is 201 Å². The zero-order valence-electron chi connectivity index (χ0n) is 26.5. The van der Waals surface area contributed by atoms with Crippen LogP contribution >= 0.6 is 0 Å². The molecule has 0 aliphatic heterocycles. The Labute approximate surface area is 300 Å². The first kappa shape index (κ1) is 33.1. The maximum atomic E-state index is 4.45. The van der Waals surface area contributed by atoms with Gasteiger partial charge in [-0.05, 0) is 52.6 Å². The molecule has 0 spiro atoms. The van der Waals surface area contributed by atoms with Gasteiger partial charge >= 0.3 is 0 Å². The second kappa shape index (κ2) is 16.3. The third-order valence-corrected chi connectivity index (χ3v) is 7.91. The second-order valence-electron chi connectivity index (χ2n) is 11.0. The number of nitrogens with zero attached hydrogens (tertiary/aromatic N) is 3. The number of hydrogen-bond donors (Lipinski definition) is 0. The quantitative estimate of drug-likeness (QED) is 0.179. The van der Waals surface area contributed by atoms with Crippen LogP contribution < -0.4 is 0 Å². The Morgan fingerprint density at radius 3 is 0.878 bits per heavy atom. The fraction of sp³-hybridized carbons (Fsp3) is 0. The number of hydrogen-bond acceptors (Lipinski definition) is 3. The van der Waals surface area contributed by atoms with E-state index in [1.807, 2.05) is 146 Å². The average molecular weight is 805 g/mol. The maximum absolute atomic E-state index is 4.45. The molecule has 0 N–H and O–H groups in total. The number of rotatable bonds is 3. The Morgan fingerprint density at radius 1 is 0.306 bits per heavy atom. The molecule has 9 rings (SSSR count). The van der Waals surface area contributed by atoms with Crippen molar-refractivity contribution < 1.29 is 20.1 Å². The number of benzene rings is 6. The van der Waals surface area contributed by atoms with Gasteiger partial charge in [-0.25, -0.2) is 0 Å². The zero-order chi connectivity index (χ0) is 32.4. The van der Waals surface area contributed by atoms with Crippen molar-refractivity contribution in [2.45, 2.75) is 0 Å². The molecular weight excluding hydrogens is 775 g/mol. The SMILES string of the molecule is [Ir].[c]1ccccc1-c1nccc2ccccc12.[c]1ccccc1-c1nccc2ccccc12.[c]1ccccc1-c1nccc2ccccc12. The molecule has 0 unspecified atom stereocenters. The van der Waals surface area contributed by atoms with Gasteiger partial charge in [0, 0.05) is 71.5 Å². The largest absolute Gasteiger partial charge is 0.256 e. The van der Waals surface area contributed by atoms with Gasteiger partial charge in [0.2, 0.25) is 0 Å². The fourth-order valence-electron chi connectivity index (χ4n) is 5.62. The summed E-state index contributed by atoms with van der Waals surface area (Å²) in [4.78, 5) is 13.3. The van der Waals surface area contributed by atoms with Crippen LogP contribution in [0.25, 0.3) is 66.1 Å². The third kappa shape index (κ3) is 7.85. The first-order valence-corrected chi connectivity index (χ1v) is 15.8. The molecule has 0 amide bonds. The van der Waals surface area contributed by atoms with Gasteiger partial charge in [-0.3, -0.25) is 15.0 Å². The van der Waals surface area contributed by atoms with Crippen LogP contribution in [0.15, 0.2) is 182 Å². The van der Waals surface area contributed by atoms with E-state index in [9.17, 15) is 0 Å². The molecule has 0 atom stereocenters. The Kier molecular flexibility index (Phi) is 11.0. The summed E-state index contributed by atoms with van der Waals surface area (Å²) >= 11 is 0. The minimum Gasteiger partial charge on any atom is -0.256 e. The molecule has 4 radical (unpaired) electrons. The van der Waals surface area contributed by atoms with E-state index in [2.05, 4.69) is 69.5 Å². The van der Waals surface area contributed by atoms with E-state index < -0.39 is 0 Å². The first-order valence-electron chi connectivity index (χ1n) is 15.8. The molecule has 0 aliphatic rings. The average Bonchev–Trinajstić information content (AvgIpc) is 3.19. The fourth-order valence-corrected chi connectivity index (χ4v) is 5.62. The molecule has 0 fully saturated rings. The summed E-state index contributed by atoms with van der Waals surface area (Å²) in [5.74, 6) is 0. The van der Waals surface area contributed by atoms with Crippen molar-refractivity contribution in [1.82, 2.24) is 15.0 Å². The predicted octanol–water partition coefficient (Wildman–Crippen LogP) is 11.1. The summed E-state index contributed by atoms with van der Waals surface area (Å²) in [5, 5.41) is 7.16. The normalized spacial score (nSPS) is 10.3. The van der Waals surface area contributed by atoms with Crippen LogP contribution in [0, 0.1) is 18.2 Å². The van der Waals surface area contributed by atoms with Gasteiger partial charge in [0.05, 0.1) is 17.1 Å². The van der Waals surface area contributed by atoms with E-state index in [-0.39, 0.29) is 20.1 Å². The van der Waals surface area contributed by atoms with Gasteiger partial charge in [-0.15, -0.1) is 0 Å². The molecule has 0 bridgehead atoms. The van der Waals surface area contributed by atoms with Gasteiger partial charge in [0.25, 0.3) is 0 Å². The zero-order valence-corrected chi connectivity index (χ0v) is 28.9. The summed E-state index contributed by atoms with van der Waals surface area (Å²) in [6.07, 6.45) is 5.54. The standard InChI is InChI=1S/3C15H10N.Ir/c3*1-2-7-13(8-3-1)15-14-9-5-4-6-12(14)10-11-16-15;/h3*1-7,9-11H;. The van der Waals surface area contributed by atoms with E-state index in [4.69, 9.17) is 0 Å². The maximum Gasteiger partial charge on any atom is 0.0786 e. The Morgan fingerprint density at radius 2 is 0.592 bits per heavy atom. The van der Waals surface area contributed by atoms with E-state index in [1.165, 1.54) is 32.3 Å². The molecule has 3 aromatic heterocycles. The van der Waals surface area contributed by atoms with E-state index in [0.717, 1.165) is 33.8 Å². The van der Waals surface area contributed by atoms with E-state index in [0.29, 0.717) is 0 Å². The van der Waals surface area contributed by atoms with Crippen molar-refractivity contribution in [3.63, 3.8) is 0 Å². The van der Waals surface area contributed by atoms with Crippen molar-refractivity contribution >= 4 is 32.3 Å². The minimum atomic E-state index is 0. The number of fused-ring (bicyclic) bond motifs is 3. The molecule has 234 valence electrons. The molecule has 3 heterocycles. The van der Waals surface area contributed by atoms with Crippen LogP contribution in [0.5, 0.6) is 0 Å². The Hall–Kier alpha value is -5.80. The summed E-state index contributed by atoms with van der Waals surface area (Å²) < 4.78 is 0. The minimum absolute atomic E-state index is 0. The third-order valence-electron chi connectivity index (χ3n) is 7.91. The number of pyridine rings is 3. The van der Waals surface area contributed by atoms with Crippen molar-refractivity contribution in [2.75, 3.05) is 0 Å². The molecule has 0 aliphatic carbocycles. The molecule has 6 aromatic carbocycles. The predicted molar refractivity (Wildman–Crippen MR) is 198 cm³/mol. The summed E-state index contributed by atoms with van der Waals surface area (Å²) in [5.41, 5.74) is 6.12. The molecule has 9 aromatic rings. The van der Waals surface area contributed by atoms with E-state index >= 15 is 0 Å². The van der Waals surface area contributed by atoms with Gasteiger partial charge in [0.1, 0.15) is 0 Å². The number of aromatic nitrogens is 3. The second-order valence-corrected chi connectivity index (χ2v) is 11.0. The molecule has 3 nitrogen and oxygen atoms in total. The topological polar surface area (TPSA) is 38.7 Å². The summed E-state index contributed by atoms with van der Waals surface area (Å²) in [6, 6.07) is 64.3. The van der Waals surface area contributed by atoms with Crippen LogP contribution in [0.4, 0.5) is 0 Å². The van der Waals surface area contributed by atoms with Crippen molar-refractivity contribution in [1.29, 1.82) is 0 Å². The molecule has 49 heavy (non-hydrogen) atoms. The van der Waals surface area contributed by atoms with E-state index in [1.54, 1.807) is 0 Å². The van der Waals surface area contributed by atoms with Gasteiger partial charge < -0.3 is 0 Å². The first-order chi connectivity index (χ1) is 23.8. The van der Waals surface area contributed by atoms with Crippen LogP contribution in [-0.2, 0) is 20.1 Å². The smallest absolute Gasteiger partial charge is 0.0786 e. The van der Waals surface area contributed by atoms with Crippen molar-refractivity contribution in [3.8, 4) is 33.8 Å². The molecule has 4 heteroatoms. The summed E-state index contributed by atoms with van der Waals surface area (Å²) in [6.45, 7) is 0. The Balaban J connectivity index is 0.000000126. The van der Waals surface area contributed by atoms with Gasteiger partial charge in [-0.1, -0.05) is 146 Å². The van der Waals surface area contributed by atoms with Crippen LogP contribution in [-0.4, -0.2) is 15.0 Å². The molecular formula is C45H30IrN3. The molecule has 0 saturated heterocycles.